The van der Waals surface area contributed by atoms with E-state index in [4.69, 9.17) is 49.4 Å². The minimum absolute atomic E-state index is 0. The average molecular weight is 809 g/mol. The van der Waals surface area contributed by atoms with E-state index in [-0.39, 0.29) is 30.8 Å². The van der Waals surface area contributed by atoms with Crippen LogP contribution in [0, 0.1) is 0 Å². The minimum atomic E-state index is -1.06. The van der Waals surface area contributed by atoms with E-state index in [9.17, 15) is 4.21 Å². The number of thioether (sulfide) groups is 1. The lowest BCUT2D eigenvalue weighted by Crippen LogP contribution is -2.33. The van der Waals surface area contributed by atoms with Crippen LogP contribution in [0.1, 0.15) is 0 Å². The highest BCUT2D eigenvalue weighted by Gasteiger charge is 2.10. The molecule has 0 amide bonds. The summed E-state index contributed by atoms with van der Waals surface area (Å²) < 4.78 is 21.9. The lowest BCUT2D eigenvalue weighted by atomic mass is 10.3. The molecule has 17 heteroatoms. The van der Waals surface area contributed by atoms with Crippen LogP contribution in [0.2, 0.25) is 10.0 Å². The fourth-order valence-electron chi connectivity index (χ4n) is 3.76. The molecule has 0 radical (unpaired) electrons. The molecule has 4 aromatic carbocycles. The van der Waals surface area contributed by atoms with E-state index in [0.717, 1.165) is 21.2 Å². The van der Waals surface area contributed by atoms with Crippen LogP contribution in [0.5, 0.6) is 11.5 Å². The van der Waals surface area contributed by atoms with Gasteiger partial charge >= 0.3 is 0 Å². The van der Waals surface area contributed by atoms with Crippen molar-refractivity contribution in [1.29, 1.82) is 0 Å². The standard InChI is InChI=1S/C16H18ClN3O2S.C16H18ClN3OS.CH4O2.2ClH/c1-20(11-5-4-6-13(9-11)23(3)21)16(18)19-15-10-12(22-2)7-8-14(15)17;1-20(11-5-4-6-13(9-11)22-3)16(18)19-15-10-12(21-2)7-8-14(15)17;1-3-2;;/h4-10H,1-3H3,(H2,18,19);4-10H,1-3H3,(H2,18,19);2H,1H3;2*1H. The van der Waals surface area contributed by atoms with E-state index in [1.165, 1.54) is 7.11 Å². The predicted molar refractivity (Wildman–Crippen MR) is 217 cm³/mol. The summed E-state index contributed by atoms with van der Waals surface area (Å²) in [4.78, 5) is 17.4. The summed E-state index contributed by atoms with van der Waals surface area (Å²) in [5, 5.41) is 8.07. The first-order valence-electron chi connectivity index (χ1n) is 14.0. The van der Waals surface area contributed by atoms with Crippen molar-refractivity contribution in [1.82, 2.24) is 0 Å². The Morgan fingerprint density at radius 3 is 1.58 bits per heavy atom. The van der Waals surface area contributed by atoms with Gasteiger partial charge in [-0.2, -0.15) is 0 Å². The zero-order chi connectivity index (χ0) is 35.8. The first-order chi connectivity index (χ1) is 22.9. The lowest BCUT2D eigenvalue weighted by molar-refractivity contribution is -0.214. The molecule has 1 atom stereocenters. The van der Waals surface area contributed by atoms with Crippen molar-refractivity contribution >= 4 is 105 Å². The van der Waals surface area contributed by atoms with Crippen molar-refractivity contribution in [3.63, 3.8) is 0 Å². The topological polar surface area (TPSA) is 148 Å². The van der Waals surface area contributed by atoms with Gasteiger partial charge in [-0.15, -0.1) is 36.6 Å². The summed E-state index contributed by atoms with van der Waals surface area (Å²) in [6.45, 7) is 0. The highest BCUT2D eigenvalue weighted by Crippen LogP contribution is 2.31. The zero-order valence-corrected chi connectivity index (χ0v) is 33.3. The Morgan fingerprint density at radius 1 is 0.760 bits per heavy atom. The molecule has 50 heavy (non-hydrogen) atoms. The molecule has 4 aromatic rings. The lowest BCUT2D eigenvalue weighted by Gasteiger charge is -2.19. The number of methoxy groups -OCH3 is 2. The van der Waals surface area contributed by atoms with Crippen molar-refractivity contribution in [3.8, 4) is 11.5 Å². The predicted octanol–water partition coefficient (Wildman–Crippen LogP) is 8.27. The highest BCUT2D eigenvalue weighted by molar-refractivity contribution is 7.98. The second-order valence-electron chi connectivity index (χ2n) is 9.53. The van der Waals surface area contributed by atoms with Gasteiger partial charge in [0.15, 0.2) is 0 Å². The number of rotatable bonds is 8. The van der Waals surface area contributed by atoms with Gasteiger partial charge in [-0.25, -0.2) is 14.9 Å². The van der Waals surface area contributed by atoms with E-state index in [1.807, 2.05) is 54.6 Å². The van der Waals surface area contributed by atoms with Gasteiger partial charge in [0.05, 0.1) is 42.7 Å². The smallest absolute Gasteiger partial charge is 0.200 e. The number of ether oxygens (including phenoxy) is 2. The Hall–Kier alpha value is -3.40. The van der Waals surface area contributed by atoms with Crippen LogP contribution >= 0.6 is 59.8 Å². The maximum atomic E-state index is 11.6. The molecule has 0 fully saturated rings. The van der Waals surface area contributed by atoms with Gasteiger partial charge in [0, 0.05) is 64.4 Å². The van der Waals surface area contributed by atoms with E-state index in [2.05, 4.69) is 20.9 Å². The Morgan fingerprint density at radius 2 is 1.18 bits per heavy atom. The van der Waals surface area contributed by atoms with Crippen molar-refractivity contribution in [2.45, 2.75) is 9.79 Å². The number of hydrogen-bond acceptors (Lipinski definition) is 8. The number of anilines is 2. The first kappa shape index (κ1) is 46.6. The van der Waals surface area contributed by atoms with Crippen LogP contribution in [0.15, 0.2) is 105 Å². The number of halogens is 4. The zero-order valence-electron chi connectivity index (χ0n) is 28.5. The van der Waals surface area contributed by atoms with Crippen LogP contribution in [-0.2, 0) is 15.7 Å². The third kappa shape index (κ3) is 14.4. The number of nitrogens with two attached hydrogens (primary N) is 2. The largest absolute Gasteiger partial charge is 0.497 e. The molecule has 1 unspecified atom stereocenters. The molecule has 0 heterocycles. The molecule has 0 aliphatic rings. The van der Waals surface area contributed by atoms with Crippen molar-refractivity contribution in [3.05, 3.63) is 95.0 Å². The number of guanidine groups is 2. The van der Waals surface area contributed by atoms with E-state index >= 15 is 0 Å². The molecule has 0 aliphatic carbocycles. The third-order valence-electron chi connectivity index (χ3n) is 6.44. The van der Waals surface area contributed by atoms with Gasteiger partial charge < -0.3 is 30.7 Å². The van der Waals surface area contributed by atoms with Gasteiger partial charge in [0.1, 0.15) is 11.5 Å². The van der Waals surface area contributed by atoms with Crippen molar-refractivity contribution < 1.29 is 23.8 Å². The molecular weight excluding hydrogens is 766 g/mol. The van der Waals surface area contributed by atoms with Gasteiger partial charge in [0.25, 0.3) is 0 Å². The van der Waals surface area contributed by atoms with Crippen LogP contribution in [0.25, 0.3) is 0 Å². The quantitative estimate of drug-likeness (QED) is 0.0523. The number of benzene rings is 4. The molecule has 0 saturated carbocycles. The highest BCUT2D eigenvalue weighted by atomic mass is 35.5. The third-order valence-corrected chi connectivity index (χ3v) is 8.72. The molecule has 274 valence electrons. The Balaban J connectivity index is 0.000000859. The Labute approximate surface area is 322 Å². The molecule has 11 nitrogen and oxygen atoms in total. The summed E-state index contributed by atoms with van der Waals surface area (Å²) in [5.74, 6) is 1.95. The van der Waals surface area contributed by atoms with Gasteiger partial charge in [-0.1, -0.05) is 35.3 Å². The van der Waals surface area contributed by atoms with Crippen LogP contribution in [0.3, 0.4) is 0 Å². The normalized spacial score (nSPS) is 11.2. The number of hydrogen-bond donors (Lipinski definition) is 3. The second kappa shape index (κ2) is 23.9. The second-order valence-corrected chi connectivity index (χ2v) is 12.6. The van der Waals surface area contributed by atoms with E-state index in [0.29, 0.717) is 38.9 Å². The first-order valence-corrected chi connectivity index (χ1v) is 17.5. The summed E-state index contributed by atoms with van der Waals surface area (Å²) in [7, 11) is 6.94. The summed E-state index contributed by atoms with van der Waals surface area (Å²) >= 11 is 14.0. The molecule has 5 N–H and O–H groups in total. The summed E-state index contributed by atoms with van der Waals surface area (Å²) in [6.07, 6.45) is 3.67. The van der Waals surface area contributed by atoms with E-state index in [1.54, 1.807) is 86.6 Å². The monoisotopic (exact) mass is 806 g/mol. The van der Waals surface area contributed by atoms with Crippen LogP contribution < -0.4 is 30.7 Å². The van der Waals surface area contributed by atoms with Crippen molar-refractivity contribution in [2.75, 3.05) is 57.7 Å². The fourth-order valence-corrected chi connectivity index (χ4v) is 5.09. The maximum Gasteiger partial charge on any atom is 0.200 e. The fraction of sp³-hybridized carbons (Fsp3) is 0.212. The molecule has 0 aliphatic heterocycles. The van der Waals surface area contributed by atoms with Gasteiger partial charge in [-0.3, -0.25) is 9.47 Å². The Bertz CT molecular complexity index is 1740. The molecule has 0 bridgehead atoms. The SMILES string of the molecule is COO.COc1ccc(Cl)c(N=C(N)N(C)c2cccc(S(C)=O)c2)c1.COc1ccc(Cl)c(N=C(N)N(C)c2cccc(SC)c2)c1.Cl.Cl. The summed E-state index contributed by atoms with van der Waals surface area (Å²) in [6, 6.07) is 25.8. The molecular formula is C33H42Cl4N6O5S2. The number of nitrogens with zero attached hydrogens (tertiary/aromatic N) is 4. The van der Waals surface area contributed by atoms with Gasteiger partial charge in [-0.05, 0) is 66.9 Å². The minimum Gasteiger partial charge on any atom is -0.497 e. The van der Waals surface area contributed by atoms with Crippen LogP contribution in [0.4, 0.5) is 22.7 Å². The van der Waals surface area contributed by atoms with Gasteiger partial charge in [0.2, 0.25) is 11.9 Å². The Kier molecular flexibility index (Phi) is 22.3. The maximum absolute atomic E-state index is 11.6. The molecule has 0 spiro atoms. The molecule has 0 aromatic heterocycles. The molecule has 4 rings (SSSR count). The van der Waals surface area contributed by atoms with E-state index < -0.39 is 10.8 Å². The van der Waals surface area contributed by atoms with Crippen LogP contribution in [-0.4, -0.2) is 69.3 Å². The number of aliphatic imine (C=N–C) groups is 2. The molecule has 0 saturated heterocycles. The average Bonchev–Trinajstić information content (AvgIpc) is 3.10. The van der Waals surface area contributed by atoms with Crippen molar-refractivity contribution in [2.24, 2.45) is 21.5 Å². The summed E-state index contributed by atoms with van der Waals surface area (Å²) in [5.41, 5.74) is 15.0.